The number of hydrogen-bond donors (Lipinski definition) is 0. The molecule has 3 rings (SSSR count). The molecule has 0 amide bonds. The number of hydrogen-bond acceptors (Lipinski definition) is 2. The standard InChI is InChI=1S/C21H21O2P/c1-16-7-4-10-19(13-16)24(20-11-5-8-17(14-20)22-2)21-12-6-9-18(15-21)23-3/h4-15H,1-3H3. The molecule has 0 aliphatic carbocycles. The van der Waals surface area contributed by atoms with Gasteiger partial charge < -0.3 is 9.47 Å². The highest BCUT2D eigenvalue weighted by Crippen LogP contribution is 2.35. The van der Waals surface area contributed by atoms with Gasteiger partial charge in [-0.1, -0.05) is 54.1 Å². The van der Waals surface area contributed by atoms with E-state index in [0.717, 1.165) is 11.5 Å². The SMILES string of the molecule is COc1cccc(P(c2cccc(C)c2)c2cccc(OC)c2)c1. The van der Waals surface area contributed by atoms with Crippen LogP contribution in [-0.4, -0.2) is 14.2 Å². The predicted molar refractivity (Wildman–Crippen MR) is 103 cm³/mol. The van der Waals surface area contributed by atoms with E-state index < -0.39 is 7.92 Å². The molecule has 3 aromatic rings. The van der Waals surface area contributed by atoms with E-state index in [4.69, 9.17) is 9.47 Å². The molecule has 0 bridgehead atoms. The van der Waals surface area contributed by atoms with Gasteiger partial charge in [0.05, 0.1) is 14.2 Å². The Kier molecular flexibility index (Phi) is 5.17. The van der Waals surface area contributed by atoms with E-state index in [1.807, 2.05) is 12.1 Å². The molecule has 122 valence electrons. The first kappa shape index (κ1) is 16.5. The molecule has 0 aromatic heterocycles. The van der Waals surface area contributed by atoms with Crippen molar-refractivity contribution >= 4 is 23.8 Å². The van der Waals surface area contributed by atoms with Crippen LogP contribution in [0.15, 0.2) is 72.8 Å². The predicted octanol–water partition coefficient (Wildman–Crippen LogP) is 3.77. The maximum absolute atomic E-state index is 5.43. The van der Waals surface area contributed by atoms with Crippen molar-refractivity contribution in [2.24, 2.45) is 0 Å². The van der Waals surface area contributed by atoms with E-state index in [2.05, 4.69) is 67.6 Å². The van der Waals surface area contributed by atoms with Gasteiger partial charge in [-0.3, -0.25) is 0 Å². The summed E-state index contributed by atoms with van der Waals surface area (Å²) in [6.07, 6.45) is 0. The minimum Gasteiger partial charge on any atom is -0.497 e. The molecular formula is C21H21O2P. The first-order chi connectivity index (χ1) is 11.7. The van der Waals surface area contributed by atoms with Gasteiger partial charge >= 0.3 is 0 Å². The Hall–Kier alpha value is -2.31. The Bertz CT molecular complexity index is 782. The zero-order valence-corrected chi connectivity index (χ0v) is 15.1. The number of rotatable bonds is 5. The van der Waals surface area contributed by atoms with Crippen LogP contribution in [0.2, 0.25) is 0 Å². The van der Waals surface area contributed by atoms with Gasteiger partial charge in [-0.2, -0.15) is 0 Å². The molecule has 3 aromatic carbocycles. The second-order valence-electron chi connectivity index (χ2n) is 5.58. The quantitative estimate of drug-likeness (QED) is 0.660. The van der Waals surface area contributed by atoms with Gasteiger partial charge in [0.2, 0.25) is 0 Å². The van der Waals surface area contributed by atoms with E-state index in [0.29, 0.717) is 0 Å². The maximum Gasteiger partial charge on any atom is 0.119 e. The van der Waals surface area contributed by atoms with Crippen molar-refractivity contribution in [3.05, 3.63) is 78.4 Å². The monoisotopic (exact) mass is 336 g/mol. The van der Waals surface area contributed by atoms with Gasteiger partial charge in [0, 0.05) is 0 Å². The Balaban J connectivity index is 2.16. The average molecular weight is 336 g/mol. The van der Waals surface area contributed by atoms with Crippen LogP contribution >= 0.6 is 7.92 Å². The van der Waals surface area contributed by atoms with Gasteiger partial charge in [-0.05, 0) is 55.0 Å². The number of methoxy groups -OCH3 is 2. The molecule has 24 heavy (non-hydrogen) atoms. The third-order valence-electron chi connectivity index (χ3n) is 3.88. The van der Waals surface area contributed by atoms with E-state index in [1.54, 1.807) is 14.2 Å². The molecule has 0 saturated carbocycles. The summed E-state index contributed by atoms with van der Waals surface area (Å²) in [4.78, 5) is 0. The van der Waals surface area contributed by atoms with Gasteiger partial charge in [-0.15, -0.1) is 0 Å². The molecule has 0 fully saturated rings. The lowest BCUT2D eigenvalue weighted by Crippen LogP contribution is -2.21. The Morgan fingerprint density at radius 2 is 1.08 bits per heavy atom. The fourth-order valence-corrected chi connectivity index (χ4v) is 5.16. The highest BCUT2D eigenvalue weighted by atomic mass is 31.1. The third-order valence-corrected chi connectivity index (χ3v) is 6.27. The van der Waals surface area contributed by atoms with Crippen LogP contribution in [0.3, 0.4) is 0 Å². The summed E-state index contributed by atoms with van der Waals surface area (Å²) >= 11 is 0. The van der Waals surface area contributed by atoms with Crippen LogP contribution in [0.1, 0.15) is 5.56 Å². The maximum atomic E-state index is 5.43. The van der Waals surface area contributed by atoms with Gasteiger partial charge in [0.1, 0.15) is 11.5 Å². The van der Waals surface area contributed by atoms with E-state index in [1.165, 1.54) is 21.5 Å². The lowest BCUT2D eigenvalue weighted by Gasteiger charge is -2.20. The fourth-order valence-electron chi connectivity index (χ4n) is 2.71. The highest BCUT2D eigenvalue weighted by molar-refractivity contribution is 7.79. The zero-order chi connectivity index (χ0) is 16.9. The van der Waals surface area contributed by atoms with Crippen LogP contribution < -0.4 is 25.4 Å². The summed E-state index contributed by atoms with van der Waals surface area (Å²) in [6, 6.07) is 25.4. The molecule has 0 spiro atoms. The van der Waals surface area contributed by atoms with Crippen LogP contribution in [-0.2, 0) is 0 Å². The Morgan fingerprint density at radius 1 is 0.625 bits per heavy atom. The van der Waals surface area contributed by atoms with Crippen molar-refractivity contribution in [3.63, 3.8) is 0 Å². The summed E-state index contributed by atoms with van der Waals surface area (Å²) in [6.45, 7) is 2.13. The van der Waals surface area contributed by atoms with Crippen molar-refractivity contribution in [2.45, 2.75) is 6.92 Å². The Morgan fingerprint density at radius 3 is 1.54 bits per heavy atom. The van der Waals surface area contributed by atoms with Gasteiger partial charge in [0.15, 0.2) is 0 Å². The molecular weight excluding hydrogens is 315 g/mol. The second kappa shape index (κ2) is 7.51. The van der Waals surface area contributed by atoms with Crippen molar-refractivity contribution in [2.75, 3.05) is 14.2 Å². The van der Waals surface area contributed by atoms with Crippen molar-refractivity contribution in [3.8, 4) is 11.5 Å². The first-order valence-electron chi connectivity index (χ1n) is 7.86. The first-order valence-corrected chi connectivity index (χ1v) is 9.20. The largest absolute Gasteiger partial charge is 0.497 e. The summed E-state index contributed by atoms with van der Waals surface area (Å²) in [7, 11) is 2.75. The molecule has 0 heterocycles. The average Bonchev–Trinajstić information content (AvgIpc) is 2.62. The summed E-state index contributed by atoms with van der Waals surface area (Å²) in [5, 5.41) is 3.86. The number of benzene rings is 3. The third kappa shape index (κ3) is 3.60. The minimum absolute atomic E-state index is 0.666. The topological polar surface area (TPSA) is 18.5 Å². The van der Waals surface area contributed by atoms with Crippen LogP contribution in [0.5, 0.6) is 11.5 Å². The smallest absolute Gasteiger partial charge is 0.119 e. The van der Waals surface area contributed by atoms with Crippen LogP contribution in [0.4, 0.5) is 0 Å². The van der Waals surface area contributed by atoms with Gasteiger partial charge in [0.25, 0.3) is 0 Å². The van der Waals surface area contributed by atoms with Crippen molar-refractivity contribution in [1.29, 1.82) is 0 Å². The van der Waals surface area contributed by atoms with Crippen LogP contribution in [0.25, 0.3) is 0 Å². The molecule has 0 atom stereocenters. The van der Waals surface area contributed by atoms with E-state index in [-0.39, 0.29) is 0 Å². The second-order valence-corrected chi connectivity index (χ2v) is 7.80. The minimum atomic E-state index is -0.666. The van der Waals surface area contributed by atoms with E-state index in [9.17, 15) is 0 Å². The zero-order valence-electron chi connectivity index (χ0n) is 14.2. The Labute approximate surface area is 144 Å². The van der Waals surface area contributed by atoms with Crippen molar-refractivity contribution < 1.29 is 9.47 Å². The normalized spacial score (nSPS) is 10.7. The molecule has 0 unspecified atom stereocenters. The highest BCUT2D eigenvalue weighted by Gasteiger charge is 2.17. The summed E-state index contributed by atoms with van der Waals surface area (Å²) < 4.78 is 10.9. The molecule has 0 saturated heterocycles. The van der Waals surface area contributed by atoms with Crippen molar-refractivity contribution in [1.82, 2.24) is 0 Å². The lowest BCUT2D eigenvalue weighted by atomic mass is 10.2. The molecule has 0 aliphatic heterocycles. The summed E-state index contributed by atoms with van der Waals surface area (Å²) in [5.74, 6) is 1.77. The lowest BCUT2D eigenvalue weighted by molar-refractivity contribution is 0.415. The number of aryl methyl sites for hydroxylation is 1. The molecule has 0 aliphatic rings. The molecule has 0 radical (unpaired) electrons. The fraction of sp³-hybridized carbons (Fsp3) is 0.143. The van der Waals surface area contributed by atoms with Gasteiger partial charge in [-0.25, -0.2) is 0 Å². The molecule has 0 N–H and O–H groups in total. The van der Waals surface area contributed by atoms with Crippen LogP contribution in [0, 0.1) is 6.92 Å². The number of ether oxygens (including phenoxy) is 2. The van der Waals surface area contributed by atoms with E-state index >= 15 is 0 Å². The summed E-state index contributed by atoms with van der Waals surface area (Å²) in [5.41, 5.74) is 1.27. The molecule has 3 heteroatoms. The molecule has 2 nitrogen and oxygen atoms in total.